The second-order valence-corrected chi connectivity index (χ2v) is 14.2. The number of benzene rings is 2. The zero-order valence-corrected chi connectivity index (χ0v) is 25.4. The fourth-order valence-electron chi connectivity index (χ4n) is 7.42. The van der Waals surface area contributed by atoms with Crippen molar-refractivity contribution in [1.29, 1.82) is 0 Å². The van der Waals surface area contributed by atoms with Gasteiger partial charge in [0.25, 0.3) is 0 Å². The Hall–Kier alpha value is -2.65. The zero-order chi connectivity index (χ0) is 28.5. The molecule has 3 heterocycles. The van der Waals surface area contributed by atoms with E-state index in [4.69, 9.17) is 37.4 Å². The molecular formula is C32H31Cl2N3O4S. The molecule has 4 fully saturated rings. The molecule has 3 saturated carbocycles. The van der Waals surface area contributed by atoms with Crippen LogP contribution in [0.2, 0.25) is 10.0 Å². The highest BCUT2D eigenvalue weighted by atomic mass is 35.5. The number of piperidine rings is 1. The Balaban J connectivity index is 1.02. The average Bonchev–Trinajstić information content (AvgIpc) is 3.49. The summed E-state index contributed by atoms with van der Waals surface area (Å²) in [7, 11) is 0. The second kappa shape index (κ2) is 10.5. The number of hydrogen-bond donors (Lipinski definition) is 1. The topological polar surface area (TPSA) is 88.7 Å². The standard InChI is InChI=1S/C32H31Cl2N3O4S/c33-23-6-3-7-24(34)27(23)29-22(30(41-36-29)17-8-9-17)15-40-25-13-20-10-19(25)14-37(20)32-35-28-21(16-4-1-2-5-16)11-18(31(38)39)12-26(28)42-32/h3,6-7,11-12,16-17,19-20,25H,1-2,4-5,8-10,13-15H2,(H,38,39)/t19-,20-,25+/m0/s1. The molecule has 7 nitrogen and oxygen atoms in total. The summed E-state index contributed by atoms with van der Waals surface area (Å²) >= 11 is 14.7. The number of carboxylic acid groups (broad SMARTS) is 1. The first-order valence-corrected chi connectivity index (χ1v) is 16.5. The van der Waals surface area contributed by atoms with Crippen LogP contribution in [0.25, 0.3) is 21.5 Å². The highest BCUT2D eigenvalue weighted by Crippen LogP contribution is 2.49. The molecule has 1 saturated heterocycles. The molecule has 2 aromatic carbocycles. The van der Waals surface area contributed by atoms with Crippen molar-refractivity contribution in [1.82, 2.24) is 10.1 Å². The number of rotatable bonds is 8. The lowest BCUT2D eigenvalue weighted by Crippen LogP contribution is -2.38. The lowest BCUT2D eigenvalue weighted by Gasteiger charge is -2.31. The molecule has 2 bridgehead atoms. The first kappa shape index (κ1) is 26.9. The molecule has 1 N–H and O–H groups in total. The third kappa shape index (κ3) is 4.62. The summed E-state index contributed by atoms with van der Waals surface area (Å²) < 4.78 is 13.4. The Morgan fingerprint density at radius 2 is 1.88 bits per heavy atom. The van der Waals surface area contributed by atoms with Crippen LogP contribution < -0.4 is 4.90 Å². The van der Waals surface area contributed by atoms with Crippen LogP contribution >= 0.6 is 34.5 Å². The van der Waals surface area contributed by atoms with E-state index in [1.165, 1.54) is 12.8 Å². The minimum absolute atomic E-state index is 0.143. The Bertz CT molecular complexity index is 1670. The highest BCUT2D eigenvalue weighted by Gasteiger charge is 2.47. The van der Waals surface area contributed by atoms with Crippen molar-refractivity contribution >= 4 is 55.9 Å². The van der Waals surface area contributed by atoms with Crippen molar-refractivity contribution in [3.8, 4) is 11.3 Å². The van der Waals surface area contributed by atoms with Crippen LogP contribution in [0.4, 0.5) is 5.13 Å². The van der Waals surface area contributed by atoms with Crippen LogP contribution in [-0.2, 0) is 11.3 Å². The summed E-state index contributed by atoms with van der Waals surface area (Å²) in [5.74, 6) is 1.22. The minimum Gasteiger partial charge on any atom is -0.478 e. The summed E-state index contributed by atoms with van der Waals surface area (Å²) in [6.07, 6.45) is 8.95. The van der Waals surface area contributed by atoms with Crippen molar-refractivity contribution in [3.63, 3.8) is 0 Å². The molecule has 0 amide bonds. The second-order valence-electron chi connectivity index (χ2n) is 12.3. The number of hydrogen-bond acceptors (Lipinski definition) is 7. The molecule has 3 atom stereocenters. The van der Waals surface area contributed by atoms with Gasteiger partial charge in [0.1, 0.15) is 11.5 Å². The molecular weight excluding hydrogens is 593 g/mol. The Morgan fingerprint density at radius 3 is 2.57 bits per heavy atom. The summed E-state index contributed by atoms with van der Waals surface area (Å²) in [6, 6.07) is 9.51. The van der Waals surface area contributed by atoms with Crippen LogP contribution in [0.1, 0.15) is 90.4 Å². The lowest BCUT2D eigenvalue weighted by atomic mass is 9.95. The van der Waals surface area contributed by atoms with E-state index in [2.05, 4.69) is 10.1 Å². The monoisotopic (exact) mass is 623 g/mol. The number of carbonyl (C=O) groups is 1. The molecule has 42 heavy (non-hydrogen) atoms. The third-order valence-corrected chi connectivity index (χ3v) is 11.4. The van der Waals surface area contributed by atoms with Gasteiger partial charge in [0, 0.05) is 35.5 Å². The number of anilines is 1. The quantitative estimate of drug-likeness (QED) is 0.210. The van der Waals surface area contributed by atoms with Gasteiger partial charge in [-0.2, -0.15) is 0 Å². The average molecular weight is 625 g/mol. The van der Waals surface area contributed by atoms with Crippen molar-refractivity contribution in [2.45, 2.75) is 82.0 Å². The fraction of sp³-hybridized carbons (Fsp3) is 0.469. The maximum Gasteiger partial charge on any atom is 0.335 e. The summed E-state index contributed by atoms with van der Waals surface area (Å²) in [5.41, 5.74) is 4.83. The number of nitrogens with zero attached hydrogens (tertiary/aromatic N) is 3. The van der Waals surface area contributed by atoms with Gasteiger partial charge >= 0.3 is 5.97 Å². The van der Waals surface area contributed by atoms with Gasteiger partial charge in [-0.25, -0.2) is 9.78 Å². The molecule has 218 valence electrons. The van der Waals surface area contributed by atoms with E-state index in [0.29, 0.717) is 57.3 Å². The van der Waals surface area contributed by atoms with Gasteiger partial charge in [0.2, 0.25) is 0 Å². The van der Waals surface area contributed by atoms with Gasteiger partial charge in [-0.3, -0.25) is 0 Å². The molecule has 2 aromatic heterocycles. The molecule has 0 spiro atoms. The summed E-state index contributed by atoms with van der Waals surface area (Å²) in [6.45, 7) is 1.31. The van der Waals surface area contributed by atoms with Crippen LogP contribution in [0.15, 0.2) is 34.9 Å². The molecule has 10 heteroatoms. The summed E-state index contributed by atoms with van der Waals surface area (Å²) in [5, 5.41) is 16.3. The van der Waals surface area contributed by atoms with Crippen LogP contribution in [-0.4, -0.2) is 39.9 Å². The van der Waals surface area contributed by atoms with Crippen molar-refractivity contribution < 1.29 is 19.2 Å². The molecule has 1 aliphatic heterocycles. The first-order valence-electron chi connectivity index (χ1n) is 14.9. The molecule has 0 unspecified atom stereocenters. The molecule has 0 radical (unpaired) electrons. The Kier molecular flexibility index (Phi) is 6.74. The normalized spacial score (nSPS) is 24.0. The Morgan fingerprint density at radius 1 is 1.10 bits per heavy atom. The predicted molar refractivity (Wildman–Crippen MR) is 164 cm³/mol. The van der Waals surface area contributed by atoms with Crippen LogP contribution in [0.5, 0.6) is 0 Å². The number of aromatic carboxylic acids is 1. The third-order valence-electron chi connectivity index (χ3n) is 9.69. The smallest absolute Gasteiger partial charge is 0.335 e. The van der Waals surface area contributed by atoms with Gasteiger partial charge in [0.05, 0.1) is 38.5 Å². The van der Waals surface area contributed by atoms with Gasteiger partial charge in [-0.15, -0.1) is 0 Å². The van der Waals surface area contributed by atoms with E-state index in [1.807, 2.05) is 24.3 Å². The largest absolute Gasteiger partial charge is 0.478 e. The lowest BCUT2D eigenvalue weighted by molar-refractivity contribution is 0.0122. The maximum absolute atomic E-state index is 11.9. The zero-order valence-electron chi connectivity index (χ0n) is 23.0. The number of aromatic nitrogens is 2. The number of thiazole rings is 1. The summed E-state index contributed by atoms with van der Waals surface area (Å²) in [4.78, 5) is 19.5. The van der Waals surface area contributed by atoms with E-state index in [9.17, 15) is 9.90 Å². The minimum atomic E-state index is -0.871. The Labute approximate surface area is 257 Å². The number of carboxylic acids is 1. The van der Waals surface area contributed by atoms with Crippen LogP contribution in [0, 0.1) is 5.92 Å². The van der Waals surface area contributed by atoms with Gasteiger partial charge in [0.15, 0.2) is 5.13 Å². The SMILES string of the molecule is O=C(O)c1cc(C2CCCC2)c2nc(N3C[C@@H]4C[C@H]3C[C@H]4OCc3c(-c4c(Cl)cccc4Cl)noc3C3CC3)sc2c1. The van der Waals surface area contributed by atoms with Crippen LogP contribution in [0.3, 0.4) is 0 Å². The molecule has 8 rings (SSSR count). The predicted octanol–water partition coefficient (Wildman–Crippen LogP) is 8.68. The first-order chi connectivity index (χ1) is 20.4. The number of fused-ring (bicyclic) bond motifs is 3. The highest BCUT2D eigenvalue weighted by molar-refractivity contribution is 7.22. The van der Waals surface area contributed by atoms with E-state index < -0.39 is 5.97 Å². The number of ether oxygens (including phenoxy) is 1. The van der Waals surface area contributed by atoms with E-state index in [0.717, 1.165) is 77.3 Å². The van der Waals surface area contributed by atoms with Gasteiger partial charge < -0.3 is 19.3 Å². The van der Waals surface area contributed by atoms with E-state index >= 15 is 0 Å². The van der Waals surface area contributed by atoms with Crippen molar-refractivity contribution in [2.24, 2.45) is 5.92 Å². The van der Waals surface area contributed by atoms with Gasteiger partial charge in [-0.05, 0) is 74.3 Å². The van der Waals surface area contributed by atoms with Crippen molar-refractivity contribution in [3.05, 3.63) is 62.8 Å². The fourth-order valence-corrected chi connectivity index (χ4v) is 9.12. The molecule has 3 aliphatic carbocycles. The van der Waals surface area contributed by atoms with E-state index in [-0.39, 0.29) is 6.10 Å². The number of halogens is 2. The molecule has 4 aromatic rings. The van der Waals surface area contributed by atoms with Crippen molar-refractivity contribution in [2.75, 3.05) is 11.4 Å². The van der Waals surface area contributed by atoms with Gasteiger partial charge in [-0.1, -0.05) is 58.6 Å². The maximum atomic E-state index is 11.9. The molecule has 4 aliphatic rings. The van der Waals surface area contributed by atoms with E-state index in [1.54, 1.807) is 17.4 Å².